The first kappa shape index (κ1) is 10.0. The highest BCUT2D eigenvalue weighted by molar-refractivity contribution is 5.95. The molecule has 5 heteroatoms. The van der Waals surface area contributed by atoms with Crippen molar-refractivity contribution >= 4 is 5.91 Å². The molecule has 0 radical (unpaired) electrons. The number of halogens is 2. The highest BCUT2D eigenvalue weighted by Crippen LogP contribution is 2.12. The van der Waals surface area contributed by atoms with E-state index in [1.165, 1.54) is 6.07 Å². The summed E-state index contributed by atoms with van der Waals surface area (Å²) in [7, 11) is 0. The Balaban J connectivity index is 2.16. The second-order valence-electron chi connectivity index (χ2n) is 3.30. The third kappa shape index (κ3) is 1.97. The van der Waals surface area contributed by atoms with Crippen LogP contribution in [0.3, 0.4) is 0 Å². The van der Waals surface area contributed by atoms with Crippen molar-refractivity contribution in [1.82, 2.24) is 5.32 Å². The zero-order chi connectivity index (χ0) is 10.8. The summed E-state index contributed by atoms with van der Waals surface area (Å²) in [5.41, 5.74) is -0.538. The average molecular weight is 213 g/mol. The highest BCUT2D eigenvalue weighted by Gasteiger charge is 2.24. The van der Waals surface area contributed by atoms with Crippen LogP contribution in [0.25, 0.3) is 0 Å². The maximum atomic E-state index is 13.1. The molecule has 1 saturated heterocycles. The monoisotopic (exact) mass is 213 g/mol. The Bertz CT molecular complexity index is 371. The van der Waals surface area contributed by atoms with E-state index in [1.54, 1.807) is 0 Å². The molecular weight excluding hydrogens is 204 g/mol. The zero-order valence-electron chi connectivity index (χ0n) is 7.80. The van der Waals surface area contributed by atoms with Crippen LogP contribution in [0, 0.1) is 11.6 Å². The third-order valence-corrected chi connectivity index (χ3v) is 2.16. The predicted molar refractivity (Wildman–Crippen MR) is 48.4 cm³/mol. The molecule has 1 amide bonds. The van der Waals surface area contributed by atoms with Crippen molar-refractivity contribution in [2.75, 3.05) is 13.2 Å². The lowest BCUT2D eigenvalue weighted by molar-refractivity contribution is -0.00360. The Hall–Kier alpha value is -1.49. The minimum Gasteiger partial charge on any atom is -0.377 e. The quantitative estimate of drug-likeness (QED) is 0.798. The number of ether oxygens (including phenoxy) is 1. The van der Waals surface area contributed by atoms with Crippen LogP contribution >= 0.6 is 0 Å². The molecule has 1 aliphatic rings. The molecule has 0 saturated carbocycles. The summed E-state index contributed by atoms with van der Waals surface area (Å²) in [5.74, 6) is -2.45. The largest absolute Gasteiger partial charge is 0.377 e. The van der Waals surface area contributed by atoms with Gasteiger partial charge >= 0.3 is 0 Å². The van der Waals surface area contributed by atoms with E-state index < -0.39 is 23.1 Å². The number of benzene rings is 1. The van der Waals surface area contributed by atoms with Gasteiger partial charge in [0.15, 0.2) is 0 Å². The minimum absolute atomic E-state index is 0.142. The maximum Gasteiger partial charge on any atom is 0.257 e. The second kappa shape index (κ2) is 3.94. The Morgan fingerprint density at radius 1 is 1.33 bits per heavy atom. The van der Waals surface area contributed by atoms with Gasteiger partial charge in [-0.25, -0.2) is 8.78 Å². The van der Waals surface area contributed by atoms with Crippen LogP contribution in [0.15, 0.2) is 18.2 Å². The second-order valence-corrected chi connectivity index (χ2v) is 3.30. The van der Waals surface area contributed by atoms with Gasteiger partial charge in [-0.2, -0.15) is 0 Å². The van der Waals surface area contributed by atoms with Crippen LogP contribution in [0.5, 0.6) is 0 Å². The molecule has 3 nitrogen and oxygen atoms in total. The van der Waals surface area contributed by atoms with Gasteiger partial charge in [-0.05, 0) is 12.1 Å². The van der Waals surface area contributed by atoms with Crippen LogP contribution < -0.4 is 5.32 Å². The fraction of sp³-hybridized carbons (Fsp3) is 0.300. The summed E-state index contributed by atoms with van der Waals surface area (Å²) in [4.78, 5) is 11.4. The molecule has 1 N–H and O–H groups in total. The molecular formula is C10H9F2NO2. The minimum atomic E-state index is -0.854. The summed E-state index contributed by atoms with van der Waals surface area (Å²) >= 11 is 0. The number of rotatable bonds is 2. The first-order valence-corrected chi connectivity index (χ1v) is 4.51. The van der Waals surface area contributed by atoms with Crippen LogP contribution in [0.1, 0.15) is 10.4 Å². The van der Waals surface area contributed by atoms with Gasteiger partial charge in [0.05, 0.1) is 19.3 Å². The molecule has 0 atom stereocenters. The van der Waals surface area contributed by atoms with E-state index in [0.29, 0.717) is 13.2 Å². The van der Waals surface area contributed by atoms with Crippen molar-refractivity contribution in [1.29, 1.82) is 0 Å². The normalized spacial score (nSPS) is 15.9. The average Bonchev–Trinajstić information content (AvgIpc) is 2.11. The van der Waals surface area contributed by atoms with Crippen molar-refractivity contribution < 1.29 is 18.3 Å². The van der Waals surface area contributed by atoms with E-state index in [2.05, 4.69) is 5.32 Å². The summed E-state index contributed by atoms with van der Waals surface area (Å²) in [6.45, 7) is 0.781. The van der Waals surface area contributed by atoms with Gasteiger partial charge < -0.3 is 10.1 Å². The van der Waals surface area contributed by atoms with E-state index in [4.69, 9.17) is 4.74 Å². The smallest absolute Gasteiger partial charge is 0.257 e. The molecule has 1 aromatic rings. The van der Waals surface area contributed by atoms with Gasteiger partial charge in [-0.1, -0.05) is 6.07 Å². The van der Waals surface area contributed by atoms with Crippen molar-refractivity contribution in [2.45, 2.75) is 6.04 Å². The van der Waals surface area contributed by atoms with Gasteiger partial charge in [-0.15, -0.1) is 0 Å². The number of carbonyl (C=O) groups is 1. The molecule has 15 heavy (non-hydrogen) atoms. The van der Waals surface area contributed by atoms with E-state index in [-0.39, 0.29) is 6.04 Å². The maximum absolute atomic E-state index is 13.1. The van der Waals surface area contributed by atoms with Crippen LogP contribution in [0.4, 0.5) is 8.78 Å². The van der Waals surface area contributed by atoms with Crippen LogP contribution in [-0.4, -0.2) is 25.2 Å². The molecule has 80 valence electrons. The first-order valence-electron chi connectivity index (χ1n) is 4.51. The molecule has 2 rings (SSSR count). The van der Waals surface area contributed by atoms with Gasteiger partial charge in [-0.3, -0.25) is 4.79 Å². The highest BCUT2D eigenvalue weighted by atomic mass is 19.1. The van der Waals surface area contributed by atoms with Gasteiger partial charge in [0.2, 0.25) is 0 Å². The molecule has 0 bridgehead atoms. The summed E-state index contributed by atoms with van der Waals surface area (Å²) in [6, 6.07) is 3.18. The standard InChI is InChI=1S/C10H9F2NO2/c11-7-2-1-3-8(12)9(7)10(14)13-6-4-15-5-6/h1-3,6H,4-5H2,(H,13,14). The molecule has 1 aliphatic heterocycles. The van der Waals surface area contributed by atoms with E-state index in [0.717, 1.165) is 12.1 Å². The summed E-state index contributed by atoms with van der Waals surface area (Å²) in [5, 5.41) is 2.47. The molecule has 1 fully saturated rings. The molecule has 0 unspecified atom stereocenters. The van der Waals surface area contributed by atoms with Gasteiger partial charge in [0.25, 0.3) is 5.91 Å². The topological polar surface area (TPSA) is 38.3 Å². The molecule has 0 aliphatic carbocycles. The molecule has 0 aromatic heterocycles. The van der Waals surface area contributed by atoms with Crippen LogP contribution in [-0.2, 0) is 4.74 Å². The summed E-state index contributed by atoms with van der Waals surface area (Å²) in [6.07, 6.45) is 0. The zero-order valence-corrected chi connectivity index (χ0v) is 7.80. The number of hydrogen-bond acceptors (Lipinski definition) is 2. The Morgan fingerprint density at radius 3 is 2.40 bits per heavy atom. The Morgan fingerprint density at radius 2 is 1.93 bits per heavy atom. The lowest BCUT2D eigenvalue weighted by Crippen LogP contribution is -2.48. The van der Waals surface area contributed by atoms with Crippen molar-refractivity contribution in [3.8, 4) is 0 Å². The van der Waals surface area contributed by atoms with Crippen molar-refractivity contribution in [3.05, 3.63) is 35.4 Å². The predicted octanol–water partition coefficient (Wildman–Crippen LogP) is 1.09. The van der Waals surface area contributed by atoms with E-state index in [9.17, 15) is 13.6 Å². The number of carbonyl (C=O) groups excluding carboxylic acids is 1. The molecule has 1 heterocycles. The molecule has 1 aromatic carbocycles. The lowest BCUT2D eigenvalue weighted by Gasteiger charge is -2.26. The SMILES string of the molecule is O=C(NC1COC1)c1c(F)cccc1F. The lowest BCUT2D eigenvalue weighted by atomic mass is 10.1. The summed E-state index contributed by atoms with van der Waals surface area (Å²) < 4.78 is 31.1. The fourth-order valence-corrected chi connectivity index (χ4v) is 1.29. The van der Waals surface area contributed by atoms with Crippen molar-refractivity contribution in [2.24, 2.45) is 0 Å². The van der Waals surface area contributed by atoms with Crippen molar-refractivity contribution in [3.63, 3.8) is 0 Å². The van der Waals surface area contributed by atoms with E-state index >= 15 is 0 Å². The Kier molecular flexibility index (Phi) is 2.64. The molecule has 0 spiro atoms. The fourth-order valence-electron chi connectivity index (χ4n) is 1.29. The van der Waals surface area contributed by atoms with E-state index in [1.807, 2.05) is 0 Å². The first-order chi connectivity index (χ1) is 7.18. The number of amides is 1. The van der Waals surface area contributed by atoms with Gasteiger partial charge in [0, 0.05) is 0 Å². The third-order valence-electron chi connectivity index (χ3n) is 2.16. The number of nitrogens with one attached hydrogen (secondary N) is 1. The van der Waals surface area contributed by atoms with Crippen LogP contribution in [0.2, 0.25) is 0 Å². The van der Waals surface area contributed by atoms with Gasteiger partial charge in [0.1, 0.15) is 17.2 Å². The number of hydrogen-bond donors (Lipinski definition) is 1. The Labute approximate surface area is 85.0 Å².